The van der Waals surface area contributed by atoms with Crippen molar-refractivity contribution < 1.29 is 0 Å². The lowest BCUT2D eigenvalue weighted by molar-refractivity contribution is 0.895. The van der Waals surface area contributed by atoms with Crippen molar-refractivity contribution in [3.63, 3.8) is 0 Å². The van der Waals surface area contributed by atoms with Gasteiger partial charge in [-0.05, 0) is 88.0 Å². The molecule has 4 unspecified atom stereocenters. The summed E-state index contributed by atoms with van der Waals surface area (Å²) in [6, 6.07) is 21.7. The molecule has 0 amide bonds. The fraction of sp³-hybridized carbons (Fsp3) is 0.211. The Morgan fingerprint density at radius 1 is 0.591 bits per heavy atom. The summed E-state index contributed by atoms with van der Waals surface area (Å²) in [5.41, 5.74) is 30.6. The van der Waals surface area contributed by atoms with Gasteiger partial charge in [0.2, 0.25) is 0 Å². The molecule has 0 spiro atoms. The number of nitrogens with zero attached hydrogens (tertiary/aromatic N) is 2. The van der Waals surface area contributed by atoms with E-state index in [1.807, 2.05) is 35.7 Å². The Labute approximate surface area is 276 Å². The number of thioether (sulfide) groups is 4. The average molecular weight is 641 g/mol. The maximum atomic E-state index is 3.35. The first-order valence-corrected chi connectivity index (χ1v) is 17.8. The SMILES string of the molecule is CC1C(=C=C=C=C=CC2Sc3ccccc3N2C)Sc2cc3c(cc21)C(C)C(=C=C=C=C=CC1Sc2ccccc2N1C)S3. The zero-order chi connectivity index (χ0) is 30.2. The normalized spacial score (nSPS) is 21.7. The molecule has 44 heavy (non-hydrogen) atoms. The van der Waals surface area contributed by atoms with Gasteiger partial charge in [-0.3, -0.25) is 0 Å². The standard InChI is InChI=1S/C38H28N2S4/c1-25-27-23-28-26(2)32(18-8-6-10-22-38-40(4)30-16-12-14-20-34(30)44-38)42-36(28)24-35(27)41-31(25)17-7-5-9-21-37-39(3)29-15-11-13-19-33(29)43-37/h11-16,19-26,37-38H,1-4H3. The van der Waals surface area contributed by atoms with Crippen molar-refractivity contribution in [2.45, 2.75) is 56.0 Å². The summed E-state index contributed by atoms with van der Waals surface area (Å²) >= 11 is 7.22. The molecule has 0 saturated heterocycles. The van der Waals surface area contributed by atoms with Crippen LogP contribution < -0.4 is 9.80 Å². The van der Waals surface area contributed by atoms with Crippen molar-refractivity contribution >= 4 is 58.4 Å². The molecule has 0 aromatic heterocycles. The second kappa shape index (κ2) is 12.4. The van der Waals surface area contributed by atoms with Gasteiger partial charge in [-0.1, -0.05) is 103 Å². The van der Waals surface area contributed by atoms with E-state index in [9.17, 15) is 0 Å². The molecule has 0 fully saturated rings. The Bertz CT molecular complexity index is 1910. The Kier molecular flexibility index (Phi) is 8.21. The van der Waals surface area contributed by atoms with Crippen molar-refractivity contribution in [2.24, 2.45) is 0 Å². The summed E-state index contributed by atoms with van der Waals surface area (Å²) in [6.45, 7) is 4.50. The van der Waals surface area contributed by atoms with Crippen molar-refractivity contribution in [1.82, 2.24) is 0 Å². The highest BCUT2D eigenvalue weighted by molar-refractivity contribution is 8.04. The van der Waals surface area contributed by atoms with E-state index < -0.39 is 0 Å². The third kappa shape index (κ3) is 5.54. The predicted octanol–water partition coefficient (Wildman–Crippen LogP) is 10.2. The number of likely N-dealkylation sites (N-methyl/N-ethyl adjacent to an activating group) is 2. The van der Waals surface area contributed by atoms with E-state index in [1.165, 1.54) is 51.9 Å². The summed E-state index contributed by atoms with van der Waals surface area (Å²) in [7, 11) is 4.23. The summed E-state index contributed by atoms with van der Waals surface area (Å²) in [5, 5.41) is 0.433. The molecule has 214 valence electrons. The van der Waals surface area contributed by atoms with Crippen LogP contribution in [0.1, 0.15) is 36.8 Å². The summed E-state index contributed by atoms with van der Waals surface area (Å²) < 4.78 is 0. The predicted molar refractivity (Wildman–Crippen MR) is 188 cm³/mol. The molecule has 0 bridgehead atoms. The molecule has 6 heteroatoms. The minimum Gasteiger partial charge on any atom is -0.357 e. The van der Waals surface area contributed by atoms with E-state index in [4.69, 9.17) is 0 Å². The first-order valence-electron chi connectivity index (χ1n) is 14.4. The molecule has 0 N–H and O–H groups in total. The van der Waals surface area contributed by atoms with Crippen LogP contribution in [-0.4, -0.2) is 24.8 Å². The van der Waals surface area contributed by atoms with E-state index in [2.05, 4.69) is 144 Å². The molecule has 0 saturated carbocycles. The second-order valence-corrected chi connectivity index (χ2v) is 15.3. The highest BCUT2D eigenvalue weighted by Crippen LogP contribution is 2.55. The molecule has 3 aromatic carbocycles. The fourth-order valence-corrected chi connectivity index (χ4v) is 10.3. The maximum Gasteiger partial charge on any atom is 0.106 e. The van der Waals surface area contributed by atoms with Crippen molar-refractivity contribution in [3.05, 3.63) is 140 Å². The molecule has 2 nitrogen and oxygen atoms in total. The molecule has 3 aromatic rings. The number of rotatable bonds is 2. The second-order valence-electron chi connectivity index (χ2n) is 10.8. The third-order valence-corrected chi connectivity index (χ3v) is 13.2. The summed E-state index contributed by atoms with van der Waals surface area (Å²) in [5.74, 6) is 0.548. The van der Waals surface area contributed by atoms with E-state index >= 15 is 0 Å². The van der Waals surface area contributed by atoms with Crippen molar-refractivity contribution in [1.29, 1.82) is 0 Å². The molecule has 4 heterocycles. The number of anilines is 2. The van der Waals surface area contributed by atoms with Gasteiger partial charge in [0.15, 0.2) is 0 Å². The minimum atomic E-state index is 0.216. The van der Waals surface area contributed by atoms with Crippen molar-refractivity contribution in [3.8, 4) is 0 Å². The number of fused-ring (bicyclic) bond motifs is 4. The largest absolute Gasteiger partial charge is 0.357 e. The zero-order valence-electron chi connectivity index (χ0n) is 24.8. The highest BCUT2D eigenvalue weighted by Gasteiger charge is 2.32. The monoisotopic (exact) mass is 640 g/mol. The van der Waals surface area contributed by atoms with Gasteiger partial charge in [0.05, 0.1) is 11.4 Å². The van der Waals surface area contributed by atoms with Gasteiger partial charge in [-0.2, -0.15) is 0 Å². The molecule has 0 aliphatic carbocycles. The third-order valence-electron chi connectivity index (χ3n) is 8.14. The van der Waals surface area contributed by atoms with Gasteiger partial charge in [-0.15, -0.1) is 0 Å². The Balaban J connectivity index is 1.07. The molecule has 4 aliphatic rings. The number of para-hydroxylation sites is 2. The fourth-order valence-electron chi connectivity index (χ4n) is 5.58. The van der Waals surface area contributed by atoms with Crippen LogP contribution >= 0.6 is 47.0 Å². The van der Waals surface area contributed by atoms with E-state index in [0.29, 0.717) is 0 Å². The van der Waals surface area contributed by atoms with Gasteiger partial charge in [0.1, 0.15) is 10.7 Å². The summed E-state index contributed by atoms with van der Waals surface area (Å²) in [6.07, 6.45) is 4.08. The van der Waals surface area contributed by atoms with Crippen LogP contribution in [0.2, 0.25) is 0 Å². The Hall–Kier alpha value is -3.62. The molecule has 0 radical (unpaired) electrons. The molecule has 4 atom stereocenters. The zero-order valence-corrected chi connectivity index (χ0v) is 28.0. The Morgan fingerprint density at radius 3 is 1.50 bits per heavy atom. The van der Waals surface area contributed by atoms with Gasteiger partial charge in [0.25, 0.3) is 0 Å². The van der Waals surface area contributed by atoms with Crippen LogP contribution in [0.5, 0.6) is 0 Å². The number of hydrogen-bond donors (Lipinski definition) is 0. The first kappa shape index (κ1) is 29.1. The smallest absolute Gasteiger partial charge is 0.106 e. The Morgan fingerprint density at radius 2 is 1.05 bits per heavy atom. The quantitative estimate of drug-likeness (QED) is 0.255. The van der Waals surface area contributed by atoms with Gasteiger partial charge in [0, 0.05) is 55.3 Å². The number of benzene rings is 3. The van der Waals surface area contributed by atoms with E-state index in [0.717, 1.165) is 0 Å². The molecule has 4 aliphatic heterocycles. The summed E-state index contributed by atoms with van der Waals surface area (Å²) in [4.78, 5) is 12.0. The topological polar surface area (TPSA) is 6.48 Å². The lowest BCUT2D eigenvalue weighted by Gasteiger charge is -2.16. The number of hydrogen-bond acceptors (Lipinski definition) is 6. The van der Waals surface area contributed by atoms with Crippen LogP contribution in [0.3, 0.4) is 0 Å². The lowest BCUT2D eigenvalue weighted by atomic mass is 9.94. The molecule has 7 rings (SSSR count). The van der Waals surface area contributed by atoms with E-state index in [-0.39, 0.29) is 22.6 Å². The van der Waals surface area contributed by atoms with Crippen LogP contribution in [0.4, 0.5) is 11.4 Å². The van der Waals surface area contributed by atoms with E-state index in [1.54, 1.807) is 23.5 Å². The van der Waals surface area contributed by atoms with Crippen LogP contribution in [0.25, 0.3) is 0 Å². The molecular formula is C38H28N2S4. The first-order chi connectivity index (χ1) is 21.5. The average Bonchev–Trinajstić information content (AvgIpc) is 3.73. The van der Waals surface area contributed by atoms with Crippen molar-refractivity contribution in [2.75, 3.05) is 23.9 Å². The van der Waals surface area contributed by atoms with Gasteiger partial charge >= 0.3 is 0 Å². The van der Waals surface area contributed by atoms with Crippen LogP contribution in [0.15, 0.2) is 148 Å². The minimum absolute atomic E-state index is 0.216. The van der Waals surface area contributed by atoms with Crippen LogP contribution in [0, 0.1) is 0 Å². The van der Waals surface area contributed by atoms with Gasteiger partial charge in [-0.25, -0.2) is 0 Å². The highest BCUT2D eigenvalue weighted by atomic mass is 32.2. The lowest BCUT2D eigenvalue weighted by Crippen LogP contribution is -2.21. The maximum absolute atomic E-state index is 3.35. The molecular weight excluding hydrogens is 613 g/mol. The van der Waals surface area contributed by atoms with Crippen LogP contribution in [-0.2, 0) is 0 Å². The number of allylic oxidation sites excluding steroid dienone is 2. The van der Waals surface area contributed by atoms with Gasteiger partial charge < -0.3 is 9.80 Å².